The van der Waals surface area contributed by atoms with Crippen molar-refractivity contribution < 1.29 is 22.4 Å². The van der Waals surface area contributed by atoms with Crippen LogP contribution in [0.2, 0.25) is 5.02 Å². The van der Waals surface area contributed by atoms with Gasteiger partial charge in [-0.25, -0.2) is 4.39 Å². The molecule has 1 aromatic heterocycles. The Morgan fingerprint density at radius 1 is 1.22 bits per heavy atom. The average Bonchev–Trinajstić information content (AvgIpc) is 2.54. The molecule has 8 heteroatoms. The number of anilines is 1. The molecule has 27 heavy (non-hydrogen) atoms. The first-order valence-corrected chi connectivity index (χ1v) is 8.39. The lowest BCUT2D eigenvalue weighted by molar-refractivity contribution is -0.140. The quantitative estimate of drug-likeness (QED) is 0.595. The molecule has 2 rings (SSSR count). The normalized spacial score (nSPS) is 12.4. The third-order valence-electron chi connectivity index (χ3n) is 3.54. The molecule has 1 heterocycles. The van der Waals surface area contributed by atoms with Crippen LogP contribution in [0, 0.1) is 11.7 Å². The summed E-state index contributed by atoms with van der Waals surface area (Å²) in [7, 11) is 0. The minimum absolute atomic E-state index is 0.0508. The Bertz CT molecular complexity index is 878. The highest BCUT2D eigenvalue weighted by Gasteiger charge is 2.35. The Hall–Kier alpha value is -2.41. The first-order chi connectivity index (χ1) is 12.5. The van der Waals surface area contributed by atoms with Crippen LogP contribution in [-0.2, 0) is 11.0 Å². The van der Waals surface area contributed by atoms with Crippen molar-refractivity contribution in [2.45, 2.75) is 26.9 Å². The van der Waals surface area contributed by atoms with Gasteiger partial charge >= 0.3 is 6.18 Å². The SMILES string of the molecule is CC(=O)N(/C(=C\C(C)C)c1cc(Cl)ccn1)c1ccc(F)c(C(F)(F)F)c1. The van der Waals surface area contributed by atoms with Crippen molar-refractivity contribution >= 4 is 28.9 Å². The molecule has 0 saturated carbocycles. The molecule has 0 N–H and O–H groups in total. The third-order valence-corrected chi connectivity index (χ3v) is 3.78. The number of halogens is 5. The number of nitrogens with zero attached hydrogens (tertiary/aromatic N) is 2. The lowest BCUT2D eigenvalue weighted by Gasteiger charge is -2.26. The number of benzene rings is 1. The van der Waals surface area contributed by atoms with Gasteiger partial charge in [-0.05, 0) is 36.2 Å². The van der Waals surface area contributed by atoms with Crippen LogP contribution in [-0.4, -0.2) is 10.9 Å². The van der Waals surface area contributed by atoms with E-state index >= 15 is 0 Å². The standard InChI is InChI=1S/C19H17ClF4N2O/c1-11(2)8-18(17-9-13(20)6-7-25-17)26(12(3)27)14-4-5-16(21)15(10-14)19(22,23)24/h4-11H,1-3H3/b18-8-. The van der Waals surface area contributed by atoms with E-state index < -0.39 is 23.5 Å². The molecule has 0 saturated heterocycles. The van der Waals surface area contributed by atoms with Crippen LogP contribution in [0.15, 0.2) is 42.6 Å². The van der Waals surface area contributed by atoms with Gasteiger partial charge in [0.05, 0.1) is 17.0 Å². The van der Waals surface area contributed by atoms with Crippen LogP contribution in [0.3, 0.4) is 0 Å². The molecule has 1 aromatic carbocycles. The van der Waals surface area contributed by atoms with Gasteiger partial charge in [0.1, 0.15) is 5.82 Å². The maximum atomic E-state index is 13.6. The maximum Gasteiger partial charge on any atom is 0.419 e. The van der Waals surface area contributed by atoms with Crippen molar-refractivity contribution in [3.63, 3.8) is 0 Å². The summed E-state index contributed by atoms with van der Waals surface area (Å²) in [4.78, 5) is 17.6. The lowest BCUT2D eigenvalue weighted by Crippen LogP contribution is -2.28. The van der Waals surface area contributed by atoms with E-state index in [-0.39, 0.29) is 17.3 Å². The van der Waals surface area contributed by atoms with E-state index in [1.807, 2.05) is 13.8 Å². The van der Waals surface area contributed by atoms with Crippen LogP contribution in [0.5, 0.6) is 0 Å². The second-order valence-corrected chi connectivity index (χ2v) is 6.61. The van der Waals surface area contributed by atoms with Crippen molar-refractivity contribution in [2.24, 2.45) is 5.92 Å². The van der Waals surface area contributed by atoms with Crippen molar-refractivity contribution in [1.29, 1.82) is 0 Å². The number of amides is 1. The predicted molar refractivity (Wildman–Crippen MR) is 96.6 cm³/mol. The van der Waals surface area contributed by atoms with Gasteiger partial charge in [-0.1, -0.05) is 31.5 Å². The molecule has 1 amide bonds. The number of allylic oxidation sites excluding steroid dienone is 1. The largest absolute Gasteiger partial charge is 0.419 e. The van der Waals surface area contributed by atoms with E-state index in [1.54, 1.807) is 6.08 Å². The zero-order chi connectivity index (χ0) is 20.4. The molecule has 0 bridgehead atoms. The molecule has 0 aliphatic rings. The van der Waals surface area contributed by atoms with Gasteiger partial charge in [-0.3, -0.25) is 14.7 Å². The van der Waals surface area contributed by atoms with Crippen molar-refractivity contribution in [2.75, 3.05) is 4.90 Å². The molecule has 0 spiro atoms. The fourth-order valence-corrected chi connectivity index (χ4v) is 2.65. The molecule has 0 atom stereocenters. The van der Waals surface area contributed by atoms with Gasteiger partial charge in [0.2, 0.25) is 5.91 Å². The Morgan fingerprint density at radius 2 is 1.89 bits per heavy atom. The summed E-state index contributed by atoms with van der Waals surface area (Å²) in [6.45, 7) is 4.89. The first-order valence-electron chi connectivity index (χ1n) is 8.02. The summed E-state index contributed by atoms with van der Waals surface area (Å²) in [5.41, 5.74) is -0.997. The summed E-state index contributed by atoms with van der Waals surface area (Å²) in [5, 5.41) is 0.355. The average molecular weight is 401 g/mol. The molecular formula is C19H17ClF4N2O. The van der Waals surface area contributed by atoms with Crippen molar-refractivity contribution in [3.8, 4) is 0 Å². The molecule has 3 nitrogen and oxygen atoms in total. The van der Waals surface area contributed by atoms with Gasteiger partial charge in [-0.15, -0.1) is 0 Å². The third kappa shape index (κ3) is 5.07. The Labute approximate surface area is 159 Å². The number of pyridine rings is 1. The highest BCUT2D eigenvalue weighted by molar-refractivity contribution is 6.30. The fourth-order valence-electron chi connectivity index (χ4n) is 2.50. The second-order valence-electron chi connectivity index (χ2n) is 6.17. The van der Waals surface area contributed by atoms with Crippen LogP contribution in [0.1, 0.15) is 32.0 Å². The number of carbonyl (C=O) groups excluding carboxylic acids is 1. The maximum absolute atomic E-state index is 13.6. The number of hydrogen-bond donors (Lipinski definition) is 0. The fraction of sp³-hybridized carbons (Fsp3) is 0.263. The molecular weight excluding hydrogens is 384 g/mol. The van der Waals surface area contributed by atoms with Gasteiger partial charge in [0, 0.05) is 23.8 Å². The van der Waals surface area contributed by atoms with Gasteiger partial charge in [-0.2, -0.15) is 13.2 Å². The van der Waals surface area contributed by atoms with Gasteiger partial charge in [0.15, 0.2) is 0 Å². The number of aromatic nitrogens is 1. The molecule has 0 unspecified atom stereocenters. The van der Waals surface area contributed by atoms with Crippen LogP contribution >= 0.6 is 11.6 Å². The summed E-state index contributed by atoms with van der Waals surface area (Å²) in [6, 6.07) is 5.45. The van der Waals surface area contributed by atoms with Crippen LogP contribution in [0.4, 0.5) is 23.2 Å². The predicted octanol–water partition coefficient (Wildman–Crippen LogP) is 5.94. The number of hydrogen-bond acceptors (Lipinski definition) is 2. The Balaban J connectivity index is 2.69. The summed E-state index contributed by atoms with van der Waals surface area (Å²) >= 11 is 5.99. The van der Waals surface area contributed by atoms with E-state index in [1.165, 1.54) is 25.3 Å². The van der Waals surface area contributed by atoms with Gasteiger partial charge in [0.25, 0.3) is 0 Å². The van der Waals surface area contributed by atoms with E-state index in [9.17, 15) is 22.4 Å². The second kappa shape index (κ2) is 8.08. The Kier molecular flexibility index (Phi) is 6.26. The zero-order valence-corrected chi connectivity index (χ0v) is 15.6. The minimum Gasteiger partial charge on any atom is -0.279 e. The highest BCUT2D eigenvalue weighted by Crippen LogP contribution is 2.36. The smallest absolute Gasteiger partial charge is 0.279 e. The highest BCUT2D eigenvalue weighted by atomic mass is 35.5. The number of alkyl halides is 3. The minimum atomic E-state index is -4.89. The molecule has 0 aliphatic carbocycles. The number of carbonyl (C=O) groups is 1. The monoisotopic (exact) mass is 400 g/mol. The summed E-state index contributed by atoms with van der Waals surface area (Å²) in [5.74, 6) is -2.02. The molecule has 0 aliphatic heterocycles. The van der Waals surface area contributed by atoms with E-state index in [0.29, 0.717) is 22.8 Å². The molecule has 0 radical (unpaired) electrons. The van der Waals surface area contributed by atoms with E-state index in [0.717, 1.165) is 11.0 Å². The number of rotatable bonds is 4. The topological polar surface area (TPSA) is 33.2 Å². The lowest BCUT2D eigenvalue weighted by atomic mass is 10.1. The zero-order valence-electron chi connectivity index (χ0n) is 14.8. The molecule has 2 aromatic rings. The summed E-state index contributed by atoms with van der Waals surface area (Å²) < 4.78 is 52.9. The van der Waals surface area contributed by atoms with Crippen LogP contribution < -0.4 is 4.90 Å². The first kappa shape index (κ1) is 20.9. The van der Waals surface area contributed by atoms with Gasteiger partial charge < -0.3 is 0 Å². The van der Waals surface area contributed by atoms with E-state index in [2.05, 4.69) is 4.98 Å². The molecule has 0 fully saturated rings. The van der Waals surface area contributed by atoms with Crippen molar-refractivity contribution in [1.82, 2.24) is 4.98 Å². The summed E-state index contributed by atoms with van der Waals surface area (Å²) in [6.07, 6.45) is -1.79. The van der Waals surface area contributed by atoms with E-state index in [4.69, 9.17) is 11.6 Å². The van der Waals surface area contributed by atoms with Crippen molar-refractivity contribution in [3.05, 3.63) is 64.7 Å². The molecule has 144 valence electrons. The van der Waals surface area contributed by atoms with Crippen LogP contribution in [0.25, 0.3) is 5.70 Å². The Morgan fingerprint density at radius 3 is 2.41 bits per heavy atom.